The number of rotatable bonds is 5. The molecule has 1 aromatic carbocycles. The first-order valence-electron chi connectivity index (χ1n) is 8.12. The zero-order valence-corrected chi connectivity index (χ0v) is 15.2. The van der Waals surface area contributed by atoms with E-state index in [0.29, 0.717) is 0 Å². The monoisotopic (exact) mass is 363 g/mol. The molecule has 3 heterocycles. The molecule has 25 heavy (non-hydrogen) atoms. The van der Waals surface area contributed by atoms with Crippen LogP contribution < -0.4 is 4.80 Å². The lowest BCUT2D eigenvalue weighted by molar-refractivity contribution is 0.675. The Morgan fingerprint density at radius 1 is 0.920 bits per heavy atom. The Labute approximate surface area is 154 Å². The van der Waals surface area contributed by atoms with E-state index in [9.17, 15) is 0 Å². The summed E-state index contributed by atoms with van der Waals surface area (Å²) in [4.78, 5) is 11.6. The first-order valence-corrected chi connectivity index (χ1v) is 9.88. The lowest BCUT2D eigenvalue weighted by atomic mass is 10.2. The number of benzene rings is 1. The molecule has 4 rings (SSSR count). The minimum absolute atomic E-state index is 0.861. The van der Waals surface area contributed by atoms with Gasteiger partial charge in [0.2, 0.25) is 0 Å². The van der Waals surface area contributed by atoms with Crippen LogP contribution in [0.4, 0.5) is 5.69 Å². The number of hydrogen-bond donors (Lipinski definition) is 0. The van der Waals surface area contributed by atoms with E-state index in [1.807, 2.05) is 48.7 Å². The Morgan fingerprint density at radius 3 is 2.56 bits per heavy atom. The van der Waals surface area contributed by atoms with Crippen LogP contribution in [0.1, 0.15) is 5.69 Å². The van der Waals surface area contributed by atoms with Crippen molar-refractivity contribution in [2.45, 2.75) is 13.0 Å². The van der Waals surface area contributed by atoms with Crippen molar-refractivity contribution in [1.82, 2.24) is 9.55 Å². The van der Waals surface area contributed by atoms with Gasteiger partial charge in [-0.05, 0) is 35.7 Å². The normalized spacial score (nSPS) is 11.8. The minimum Gasteiger partial charge on any atom is -0.315 e. The second-order valence-corrected chi connectivity index (χ2v) is 7.34. The van der Waals surface area contributed by atoms with Crippen molar-refractivity contribution in [2.24, 2.45) is 4.99 Å². The molecule has 0 bridgehead atoms. The first-order chi connectivity index (χ1) is 12.4. The van der Waals surface area contributed by atoms with Gasteiger partial charge in [-0.3, -0.25) is 4.98 Å². The van der Waals surface area contributed by atoms with Crippen LogP contribution in [0.5, 0.6) is 0 Å². The number of aryl methyl sites for hydroxylation is 1. The van der Waals surface area contributed by atoms with Crippen LogP contribution in [-0.4, -0.2) is 9.55 Å². The number of thiophene rings is 1. The zero-order chi connectivity index (χ0) is 16.9. The van der Waals surface area contributed by atoms with Gasteiger partial charge >= 0.3 is 0 Å². The predicted molar refractivity (Wildman–Crippen MR) is 105 cm³/mol. The van der Waals surface area contributed by atoms with Crippen molar-refractivity contribution >= 4 is 28.4 Å². The Kier molecular flexibility index (Phi) is 4.86. The van der Waals surface area contributed by atoms with Crippen molar-refractivity contribution in [3.05, 3.63) is 88.1 Å². The van der Waals surface area contributed by atoms with Gasteiger partial charge in [-0.1, -0.05) is 30.3 Å². The van der Waals surface area contributed by atoms with Gasteiger partial charge in [0.25, 0.3) is 0 Å². The van der Waals surface area contributed by atoms with Gasteiger partial charge in [-0.25, -0.2) is 4.99 Å². The highest BCUT2D eigenvalue weighted by atomic mass is 32.1. The number of aromatic nitrogens is 2. The van der Waals surface area contributed by atoms with E-state index in [1.165, 1.54) is 10.6 Å². The third-order valence-corrected chi connectivity index (χ3v) is 5.63. The van der Waals surface area contributed by atoms with E-state index in [4.69, 9.17) is 4.99 Å². The summed E-state index contributed by atoms with van der Waals surface area (Å²) >= 11 is 3.45. The summed E-state index contributed by atoms with van der Waals surface area (Å²) in [6, 6.07) is 20.4. The Morgan fingerprint density at radius 2 is 1.80 bits per heavy atom. The summed E-state index contributed by atoms with van der Waals surface area (Å²) in [6.45, 7) is 0.861. The van der Waals surface area contributed by atoms with Crippen LogP contribution in [0.25, 0.3) is 10.6 Å². The molecule has 0 atom stereocenters. The number of para-hydroxylation sites is 1. The van der Waals surface area contributed by atoms with E-state index in [-0.39, 0.29) is 0 Å². The van der Waals surface area contributed by atoms with E-state index in [1.54, 1.807) is 22.7 Å². The average Bonchev–Trinajstić information content (AvgIpc) is 3.31. The van der Waals surface area contributed by atoms with Crippen molar-refractivity contribution in [3.8, 4) is 10.6 Å². The second kappa shape index (κ2) is 7.59. The summed E-state index contributed by atoms with van der Waals surface area (Å²) in [5.74, 6) is 0. The molecule has 0 spiro atoms. The van der Waals surface area contributed by atoms with Gasteiger partial charge in [-0.15, -0.1) is 22.7 Å². The Bertz CT molecular complexity index is 984. The lowest BCUT2D eigenvalue weighted by Gasteiger charge is -2.07. The van der Waals surface area contributed by atoms with E-state index >= 15 is 0 Å². The fourth-order valence-electron chi connectivity index (χ4n) is 2.64. The molecule has 0 N–H and O–H groups in total. The molecular weight excluding hydrogens is 346 g/mol. The van der Waals surface area contributed by atoms with Gasteiger partial charge in [0.15, 0.2) is 4.80 Å². The van der Waals surface area contributed by atoms with Crippen LogP contribution >= 0.6 is 22.7 Å². The number of thiazole rings is 1. The van der Waals surface area contributed by atoms with E-state index in [0.717, 1.165) is 29.1 Å². The van der Waals surface area contributed by atoms with Crippen molar-refractivity contribution < 1.29 is 0 Å². The maximum Gasteiger partial charge on any atom is 0.190 e. The third kappa shape index (κ3) is 3.78. The smallest absolute Gasteiger partial charge is 0.190 e. The number of hydrogen-bond acceptors (Lipinski definition) is 4. The molecule has 0 aliphatic heterocycles. The van der Waals surface area contributed by atoms with Gasteiger partial charge in [0, 0.05) is 30.2 Å². The third-order valence-electron chi connectivity index (χ3n) is 3.87. The average molecular weight is 364 g/mol. The number of nitrogens with zero attached hydrogens (tertiary/aromatic N) is 3. The maximum atomic E-state index is 4.85. The molecule has 3 nitrogen and oxygen atoms in total. The van der Waals surface area contributed by atoms with Gasteiger partial charge in [0.1, 0.15) is 0 Å². The van der Waals surface area contributed by atoms with Crippen LogP contribution in [0.15, 0.2) is 82.6 Å². The maximum absolute atomic E-state index is 4.85. The topological polar surface area (TPSA) is 30.2 Å². The summed E-state index contributed by atoms with van der Waals surface area (Å²) in [7, 11) is 0. The fraction of sp³-hybridized carbons (Fsp3) is 0.100. The molecule has 0 aliphatic carbocycles. The molecule has 0 unspecified atom stereocenters. The lowest BCUT2D eigenvalue weighted by Crippen LogP contribution is -2.17. The largest absolute Gasteiger partial charge is 0.315 e. The SMILES string of the molecule is c1ccc(N=c2scc(-c3cccs3)n2CCc2ccccn2)cc1. The molecular formula is C20H17N3S2. The number of pyridine rings is 1. The van der Waals surface area contributed by atoms with E-state index < -0.39 is 0 Å². The second-order valence-electron chi connectivity index (χ2n) is 5.55. The highest BCUT2D eigenvalue weighted by molar-refractivity contribution is 7.14. The predicted octanol–water partition coefficient (Wildman–Crippen LogP) is 5.15. The first kappa shape index (κ1) is 16.0. The molecule has 0 fully saturated rings. The molecule has 0 radical (unpaired) electrons. The minimum atomic E-state index is 0.861. The van der Waals surface area contributed by atoms with Crippen molar-refractivity contribution in [1.29, 1.82) is 0 Å². The van der Waals surface area contributed by atoms with Crippen LogP contribution in [0.2, 0.25) is 0 Å². The van der Waals surface area contributed by atoms with Crippen LogP contribution in [0, 0.1) is 0 Å². The molecule has 0 saturated carbocycles. The summed E-state index contributed by atoms with van der Waals surface area (Å²) in [5.41, 5.74) is 3.31. The van der Waals surface area contributed by atoms with Crippen LogP contribution in [-0.2, 0) is 13.0 Å². The molecule has 5 heteroatoms. The molecule has 4 aromatic rings. The quantitative estimate of drug-likeness (QED) is 0.482. The molecule has 0 aliphatic rings. The van der Waals surface area contributed by atoms with Gasteiger partial charge in [-0.2, -0.15) is 0 Å². The van der Waals surface area contributed by atoms with Crippen molar-refractivity contribution in [3.63, 3.8) is 0 Å². The molecule has 0 saturated heterocycles. The summed E-state index contributed by atoms with van der Waals surface area (Å²) in [5, 5.41) is 4.32. The van der Waals surface area contributed by atoms with Crippen LogP contribution in [0.3, 0.4) is 0 Å². The molecule has 0 amide bonds. The summed E-state index contributed by atoms with van der Waals surface area (Å²) in [6.07, 6.45) is 2.74. The highest BCUT2D eigenvalue weighted by Gasteiger charge is 2.09. The van der Waals surface area contributed by atoms with Crippen molar-refractivity contribution in [2.75, 3.05) is 0 Å². The molecule has 124 valence electrons. The zero-order valence-electron chi connectivity index (χ0n) is 13.6. The standard InChI is InChI=1S/C20H17N3S2/c1-2-8-17(9-3-1)22-20-23(13-11-16-7-4-5-12-21-16)18(15-25-20)19-10-6-14-24-19/h1-10,12,14-15H,11,13H2. The fourth-order valence-corrected chi connectivity index (χ4v) is 4.41. The van der Waals surface area contributed by atoms with Gasteiger partial charge in [0.05, 0.1) is 16.3 Å². The van der Waals surface area contributed by atoms with E-state index in [2.05, 4.69) is 38.5 Å². The highest BCUT2D eigenvalue weighted by Crippen LogP contribution is 2.25. The Hall–Kier alpha value is -2.50. The Balaban J connectivity index is 1.73. The van der Waals surface area contributed by atoms with Gasteiger partial charge < -0.3 is 4.57 Å². The molecule has 3 aromatic heterocycles. The summed E-state index contributed by atoms with van der Waals surface area (Å²) < 4.78 is 2.30.